The predicted octanol–water partition coefficient (Wildman–Crippen LogP) is 3.70. The van der Waals surface area contributed by atoms with Gasteiger partial charge in [0.15, 0.2) is 0 Å². The maximum atomic E-state index is 12.1. The van der Waals surface area contributed by atoms with E-state index in [4.69, 9.17) is 0 Å². The largest absolute Gasteiger partial charge is 0.506 e. The molecule has 0 spiro atoms. The number of rotatable bonds is 6. The minimum absolute atomic E-state index is 0.0227. The molecule has 0 saturated heterocycles. The van der Waals surface area contributed by atoms with Gasteiger partial charge in [0, 0.05) is 18.8 Å². The van der Waals surface area contributed by atoms with Gasteiger partial charge in [0.25, 0.3) is 5.91 Å². The van der Waals surface area contributed by atoms with Crippen molar-refractivity contribution in [1.82, 2.24) is 5.32 Å². The van der Waals surface area contributed by atoms with Crippen LogP contribution in [0.1, 0.15) is 22.3 Å². The smallest absolute Gasteiger partial charge is 0.255 e. The summed E-state index contributed by atoms with van der Waals surface area (Å²) in [7, 11) is 0. The highest BCUT2D eigenvalue weighted by atomic mass is 79.9. The van der Waals surface area contributed by atoms with Crippen LogP contribution in [0.15, 0.2) is 46.9 Å². The first kappa shape index (κ1) is 16.4. The number of nitrogens with one attached hydrogen (secondary N) is 2. The number of hydrogen-bond donors (Lipinski definition) is 3. The Kier molecular flexibility index (Phi) is 5.83. The molecule has 5 heteroatoms. The molecule has 2 aromatic carbocycles. The molecule has 1 amide bonds. The first-order chi connectivity index (χ1) is 10.6. The third-order valence-electron chi connectivity index (χ3n) is 3.19. The molecular formula is C17H19BrN2O2. The van der Waals surface area contributed by atoms with Gasteiger partial charge >= 0.3 is 0 Å². The van der Waals surface area contributed by atoms with Gasteiger partial charge in [-0.1, -0.05) is 18.2 Å². The molecule has 4 nitrogen and oxygen atoms in total. The van der Waals surface area contributed by atoms with Crippen LogP contribution in [0.5, 0.6) is 5.75 Å². The average molecular weight is 363 g/mol. The van der Waals surface area contributed by atoms with Crippen molar-refractivity contribution in [3.63, 3.8) is 0 Å². The van der Waals surface area contributed by atoms with Crippen molar-refractivity contribution in [3.05, 3.63) is 58.1 Å². The van der Waals surface area contributed by atoms with E-state index in [1.807, 2.05) is 37.3 Å². The van der Waals surface area contributed by atoms with Crippen molar-refractivity contribution in [2.24, 2.45) is 0 Å². The quantitative estimate of drug-likeness (QED) is 0.686. The Balaban J connectivity index is 1.79. The molecule has 0 aliphatic heterocycles. The number of hydrogen-bond acceptors (Lipinski definition) is 3. The highest BCUT2D eigenvalue weighted by Gasteiger charge is 2.13. The number of phenolic OH excluding ortho intramolecular Hbond substituents is 1. The molecule has 0 aliphatic rings. The second-order valence-electron chi connectivity index (χ2n) is 5.05. The van der Waals surface area contributed by atoms with Crippen LogP contribution in [0.3, 0.4) is 0 Å². The molecule has 3 N–H and O–H groups in total. The number of aromatic hydroxyl groups is 1. The Bertz CT molecular complexity index is 645. The first-order valence-corrected chi connectivity index (χ1v) is 7.93. The van der Waals surface area contributed by atoms with Crippen LogP contribution >= 0.6 is 15.9 Å². The highest BCUT2D eigenvalue weighted by Crippen LogP contribution is 2.29. The van der Waals surface area contributed by atoms with E-state index in [0.717, 1.165) is 24.2 Å². The minimum Gasteiger partial charge on any atom is -0.506 e. The zero-order chi connectivity index (χ0) is 15.9. The lowest BCUT2D eigenvalue weighted by molar-refractivity contribution is 0.0950. The summed E-state index contributed by atoms with van der Waals surface area (Å²) in [5.74, 6) is -0.285. The number of carbonyl (C=O) groups excluding carboxylic acids is 1. The molecule has 2 aromatic rings. The molecule has 0 unspecified atom stereocenters. The van der Waals surface area contributed by atoms with Crippen LogP contribution in [0, 0.1) is 6.92 Å². The Morgan fingerprint density at radius 3 is 2.64 bits per heavy atom. The van der Waals surface area contributed by atoms with Gasteiger partial charge in [-0.15, -0.1) is 0 Å². The lowest BCUT2D eigenvalue weighted by Gasteiger charge is -2.10. The van der Waals surface area contributed by atoms with Crippen LogP contribution in [-0.4, -0.2) is 24.1 Å². The topological polar surface area (TPSA) is 61.4 Å². The molecule has 0 heterocycles. The number of anilines is 1. The molecular weight excluding hydrogens is 344 g/mol. The first-order valence-electron chi connectivity index (χ1n) is 7.14. The SMILES string of the molecule is Cc1cc(Br)c(O)c(C(=O)NCCCNc2ccccc2)c1. The third kappa shape index (κ3) is 4.49. The van der Waals surface area contributed by atoms with E-state index in [1.54, 1.807) is 12.1 Å². The van der Waals surface area contributed by atoms with E-state index in [0.29, 0.717) is 16.6 Å². The zero-order valence-corrected chi connectivity index (χ0v) is 14.0. The Morgan fingerprint density at radius 1 is 1.18 bits per heavy atom. The van der Waals surface area contributed by atoms with E-state index in [1.165, 1.54) is 0 Å². The number of phenols is 1. The number of aryl methyl sites for hydroxylation is 1. The van der Waals surface area contributed by atoms with Gasteiger partial charge in [0.2, 0.25) is 0 Å². The molecule has 22 heavy (non-hydrogen) atoms. The molecule has 0 atom stereocenters. The standard InChI is InChI=1S/C17H19BrN2O2/c1-12-10-14(16(21)15(18)11-12)17(22)20-9-5-8-19-13-6-3-2-4-7-13/h2-4,6-7,10-11,19,21H,5,8-9H2,1H3,(H,20,22). The van der Waals surface area contributed by atoms with Crippen LogP contribution in [0.4, 0.5) is 5.69 Å². The van der Waals surface area contributed by atoms with Crippen LogP contribution < -0.4 is 10.6 Å². The summed E-state index contributed by atoms with van der Waals surface area (Å²) in [6, 6.07) is 13.4. The number of amides is 1. The summed E-state index contributed by atoms with van der Waals surface area (Å²) in [6.07, 6.45) is 0.800. The molecule has 0 saturated carbocycles. The second-order valence-corrected chi connectivity index (χ2v) is 5.90. The summed E-state index contributed by atoms with van der Waals surface area (Å²) in [5.41, 5.74) is 2.28. The van der Waals surface area contributed by atoms with Crippen molar-refractivity contribution < 1.29 is 9.90 Å². The monoisotopic (exact) mass is 362 g/mol. The molecule has 0 aromatic heterocycles. The summed E-state index contributed by atoms with van der Waals surface area (Å²) < 4.78 is 0.531. The van der Waals surface area contributed by atoms with Gasteiger partial charge in [0.1, 0.15) is 5.75 Å². The van der Waals surface area contributed by atoms with E-state index >= 15 is 0 Å². The van der Waals surface area contributed by atoms with Crippen LogP contribution in [0.25, 0.3) is 0 Å². The van der Waals surface area contributed by atoms with E-state index in [-0.39, 0.29) is 11.7 Å². The molecule has 0 fully saturated rings. The van der Waals surface area contributed by atoms with Gasteiger partial charge in [-0.25, -0.2) is 0 Å². The van der Waals surface area contributed by atoms with Gasteiger partial charge < -0.3 is 15.7 Å². The number of para-hydroxylation sites is 1. The molecule has 0 aliphatic carbocycles. The number of halogens is 1. The van der Waals surface area contributed by atoms with Crippen molar-refractivity contribution in [2.45, 2.75) is 13.3 Å². The van der Waals surface area contributed by atoms with Crippen molar-refractivity contribution in [3.8, 4) is 5.75 Å². The predicted molar refractivity (Wildman–Crippen MR) is 92.4 cm³/mol. The minimum atomic E-state index is -0.262. The maximum Gasteiger partial charge on any atom is 0.255 e. The summed E-state index contributed by atoms with van der Waals surface area (Å²) >= 11 is 3.24. The van der Waals surface area contributed by atoms with E-state index in [9.17, 15) is 9.90 Å². The molecule has 116 valence electrons. The van der Waals surface area contributed by atoms with E-state index < -0.39 is 0 Å². The van der Waals surface area contributed by atoms with Gasteiger partial charge in [-0.3, -0.25) is 4.79 Å². The molecule has 0 bridgehead atoms. The average Bonchev–Trinajstić information content (AvgIpc) is 2.51. The van der Waals surface area contributed by atoms with E-state index in [2.05, 4.69) is 26.6 Å². The normalized spacial score (nSPS) is 10.3. The lowest BCUT2D eigenvalue weighted by atomic mass is 10.1. The molecule has 2 rings (SSSR count). The van der Waals surface area contributed by atoms with Crippen LogP contribution in [-0.2, 0) is 0 Å². The highest BCUT2D eigenvalue weighted by molar-refractivity contribution is 9.10. The zero-order valence-electron chi connectivity index (χ0n) is 12.4. The van der Waals surface area contributed by atoms with Gasteiger partial charge in [-0.05, 0) is 59.1 Å². The Morgan fingerprint density at radius 2 is 1.91 bits per heavy atom. The fraction of sp³-hybridized carbons (Fsp3) is 0.235. The fourth-order valence-electron chi connectivity index (χ4n) is 2.08. The third-order valence-corrected chi connectivity index (χ3v) is 3.80. The summed E-state index contributed by atoms with van der Waals surface area (Å²) in [6.45, 7) is 3.20. The fourth-order valence-corrected chi connectivity index (χ4v) is 2.66. The second kappa shape index (κ2) is 7.84. The van der Waals surface area contributed by atoms with Crippen molar-refractivity contribution in [2.75, 3.05) is 18.4 Å². The Hall–Kier alpha value is -2.01. The van der Waals surface area contributed by atoms with Gasteiger partial charge in [0.05, 0.1) is 10.0 Å². The number of carbonyl (C=O) groups is 1. The lowest BCUT2D eigenvalue weighted by Crippen LogP contribution is -2.26. The maximum absolute atomic E-state index is 12.1. The Labute approximate surface area is 138 Å². The summed E-state index contributed by atoms with van der Waals surface area (Å²) in [5, 5.41) is 16.0. The van der Waals surface area contributed by atoms with Crippen molar-refractivity contribution in [1.29, 1.82) is 0 Å². The van der Waals surface area contributed by atoms with Crippen molar-refractivity contribution >= 4 is 27.5 Å². The number of benzene rings is 2. The van der Waals surface area contributed by atoms with Gasteiger partial charge in [-0.2, -0.15) is 0 Å². The molecule has 0 radical (unpaired) electrons. The van der Waals surface area contributed by atoms with Crippen LogP contribution in [0.2, 0.25) is 0 Å². The summed E-state index contributed by atoms with van der Waals surface area (Å²) in [4.78, 5) is 12.1.